The summed E-state index contributed by atoms with van der Waals surface area (Å²) in [6.07, 6.45) is 2.93. The van der Waals surface area contributed by atoms with Crippen molar-refractivity contribution in [1.82, 2.24) is 20.4 Å². The van der Waals surface area contributed by atoms with Crippen LogP contribution in [-0.2, 0) is 16.1 Å². The molecule has 1 aliphatic heterocycles. The molecule has 1 fully saturated rings. The minimum Gasteiger partial charge on any atom is -0.480 e. The van der Waals surface area contributed by atoms with Crippen LogP contribution in [0.15, 0.2) is 6.20 Å². The second-order valence-electron chi connectivity index (χ2n) is 5.07. The molecule has 116 valence electrons. The third-order valence-corrected chi connectivity index (χ3v) is 3.54. The number of hydrogen-bond donors (Lipinski definition) is 3. The molecule has 0 bridgehead atoms. The second-order valence-corrected chi connectivity index (χ2v) is 5.07. The number of aryl methyl sites for hydroxylation is 1. The number of aromatic nitrogens is 2. The van der Waals surface area contributed by atoms with Crippen molar-refractivity contribution in [2.24, 2.45) is 0 Å². The van der Waals surface area contributed by atoms with Crippen LogP contribution < -0.4 is 5.32 Å². The van der Waals surface area contributed by atoms with Gasteiger partial charge in [0.2, 0.25) is 0 Å². The Bertz CT molecular complexity index is 494. The highest BCUT2D eigenvalue weighted by molar-refractivity contribution is 5.74. The fourth-order valence-corrected chi connectivity index (χ4v) is 2.25. The molecular weight excluding hydrogens is 276 g/mol. The van der Waals surface area contributed by atoms with Crippen LogP contribution in [0.2, 0.25) is 0 Å². The summed E-state index contributed by atoms with van der Waals surface area (Å²) in [6, 6.07) is -0.118. The first-order valence-corrected chi connectivity index (χ1v) is 6.91. The van der Waals surface area contributed by atoms with E-state index in [4.69, 9.17) is 9.84 Å². The van der Waals surface area contributed by atoms with Crippen molar-refractivity contribution < 1.29 is 19.4 Å². The third-order valence-electron chi connectivity index (χ3n) is 3.54. The van der Waals surface area contributed by atoms with E-state index in [9.17, 15) is 9.59 Å². The summed E-state index contributed by atoms with van der Waals surface area (Å²) in [5.41, 5.74) is 1.90. The Morgan fingerprint density at radius 2 is 2.24 bits per heavy atom. The molecule has 2 amide bonds. The highest BCUT2D eigenvalue weighted by atomic mass is 16.5. The van der Waals surface area contributed by atoms with E-state index in [0.717, 1.165) is 11.3 Å². The zero-order chi connectivity index (χ0) is 15.2. The number of carboxylic acids is 1. The minimum atomic E-state index is -0.967. The Kier molecular flexibility index (Phi) is 5.15. The lowest BCUT2D eigenvalue weighted by Crippen LogP contribution is -2.45. The van der Waals surface area contributed by atoms with Gasteiger partial charge in [-0.05, 0) is 19.8 Å². The minimum absolute atomic E-state index is 0.0822. The zero-order valence-electron chi connectivity index (χ0n) is 12.0. The van der Waals surface area contributed by atoms with E-state index in [1.165, 1.54) is 0 Å². The number of aromatic amines is 1. The second kappa shape index (κ2) is 7.07. The number of ether oxygens (including phenoxy) is 1. The van der Waals surface area contributed by atoms with Gasteiger partial charge in [-0.1, -0.05) is 0 Å². The molecule has 0 aromatic carbocycles. The van der Waals surface area contributed by atoms with Gasteiger partial charge >= 0.3 is 12.0 Å². The molecule has 8 heteroatoms. The predicted molar refractivity (Wildman–Crippen MR) is 73.7 cm³/mol. The van der Waals surface area contributed by atoms with Gasteiger partial charge in [0.25, 0.3) is 0 Å². The standard InChI is InChI=1S/C13H20N4O4/c1-9-10(7-15-16-9)6-14-13(20)17-4-2-11(3-5-17)21-8-12(18)19/h7,11H,2-6,8H2,1H3,(H,14,20)(H,15,16)(H,18,19). The lowest BCUT2D eigenvalue weighted by atomic mass is 10.1. The zero-order valence-corrected chi connectivity index (χ0v) is 12.0. The number of hydrogen-bond acceptors (Lipinski definition) is 4. The maximum atomic E-state index is 12.0. The van der Waals surface area contributed by atoms with Crippen LogP contribution >= 0.6 is 0 Å². The first-order valence-electron chi connectivity index (χ1n) is 6.91. The summed E-state index contributed by atoms with van der Waals surface area (Å²) in [6.45, 7) is 3.20. The van der Waals surface area contributed by atoms with Crippen molar-refractivity contribution in [1.29, 1.82) is 0 Å². The Hall–Kier alpha value is -2.09. The maximum Gasteiger partial charge on any atom is 0.329 e. The smallest absolute Gasteiger partial charge is 0.329 e. The largest absolute Gasteiger partial charge is 0.480 e. The number of likely N-dealkylation sites (tertiary alicyclic amines) is 1. The van der Waals surface area contributed by atoms with Crippen LogP contribution in [0.25, 0.3) is 0 Å². The molecule has 0 saturated carbocycles. The Morgan fingerprint density at radius 1 is 1.52 bits per heavy atom. The number of nitrogens with zero attached hydrogens (tertiary/aromatic N) is 2. The van der Waals surface area contributed by atoms with Gasteiger partial charge < -0.3 is 20.1 Å². The molecule has 1 aliphatic rings. The summed E-state index contributed by atoms with van der Waals surface area (Å²) >= 11 is 0. The molecule has 0 unspecified atom stereocenters. The molecule has 0 spiro atoms. The molecule has 21 heavy (non-hydrogen) atoms. The van der Waals surface area contributed by atoms with Crippen LogP contribution in [-0.4, -0.2) is 58.0 Å². The molecule has 1 aromatic heterocycles. The lowest BCUT2D eigenvalue weighted by Gasteiger charge is -2.31. The summed E-state index contributed by atoms with van der Waals surface area (Å²) in [5, 5.41) is 18.1. The maximum absolute atomic E-state index is 12.0. The normalized spacial score (nSPS) is 16.0. The molecule has 1 saturated heterocycles. The van der Waals surface area contributed by atoms with E-state index in [-0.39, 0.29) is 18.7 Å². The summed E-state index contributed by atoms with van der Waals surface area (Å²) in [4.78, 5) is 24.2. The van der Waals surface area contributed by atoms with Gasteiger partial charge in [0, 0.05) is 30.9 Å². The number of piperidine rings is 1. The molecular formula is C13H20N4O4. The number of carbonyl (C=O) groups is 2. The Balaban J connectivity index is 1.70. The SMILES string of the molecule is Cc1[nH]ncc1CNC(=O)N1CCC(OCC(=O)O)CC1. The van der Waals surface area contributed by atoms with Crippen molar-refractivity contribution >= 4 is 12.0 Å². The van der Waals surface area contributed by atoms with Crippen LogP contribution in [0.4, 0.5) is 4.79 Å². The molecule has 0 aliphatic carbocycles. The van der Waals surface area contributed by atoms with Gasteiger partial charge in [-0.2, -0.15) is 5.10 Å². The highest BCUT2D eigenvalue weighted by Crippen LogP contribution is 2.14. The number of amides is 2. The van der Waals surface area contributed by atoms with Gasteiger partial charge in [-0.15, -0.1) is 0 Å². The van der Waals surface area contributed by atoms with Crippen LogP contribution in [0, 0.1) is 6.92 Å². The van der Waals surface area contributed by atoms with Crippen molar-refractivity contribution in [3.05, 3.63) is 17.5 Å². The van der Waals surface area contributed by atoms with Crippen molar-refractivity contribution in [2.45, 2.75) is 32.4 Å². The fourth-order valence-electron chi connectivity index (χ4n) is 2.25. The molecule has 3 N–H and O–H groups in total. The first-order chi connectivity index (χ1) is 10.1. The van der Waals surface area contributed by atoms with Crippen molar-refractivity contribution in [3.8, 4) is 0 Å². The molecule has 0 radical (unpaired) electrons. The van der Waals surface area contributed by atoms with Gasteiger partial charge in [0.05, 0.1) is 12.3 Å². The third kappa shape index (κ3) is 4.45. The molecule has 0 atom stereocenters. The van der Waals surface area contributed by atoms with E-state index < -0.39 is 5.97 Å². The number of urea groups is 1. The summed E-state index contributed by atoms with van der Waals surface area (Å²) in [7, 11) is 0. The van der Waals surface area contributed by atoms with E-state index in [1.54, 1.807) is 11.1 Å². The number of rotatable bonds is 5. The average molecular weight is 296 g/mol. The number of aliphatic carboxylic acids is 1. The van der Waals surface area contributed by atoms with E-state index in [2.05, 4.69) is 15.5 Å². The van der Waals surface area contributed by atoms with Crippen LogP contribution in [0.1, 0.15) is 24.1 Å². The van der Waals surface area contributed by atoms with Crippen molar-refractivity contribution in [3.63, 3.8) is 0 Å². The Morgan fingerprint density at radius 3 is 2.81 bits per heavy atom. The highest BCUT2D eigenvalue weighted by Gasteiger charge is 2.23. The predicted octanol–water partition coefficient (Wildman–Crippen LogP) is 0.493. The van der Waals surface area contributed by atoms with Gasteiger partial charge in [-0.3, -0.25) is 5.10 Å². The van der Waals surface area contributed by atoms with Gasteiger partial charge in [0.1, 0.15) is 6.61 Å². The fraction of sp³-hybridized carbons (Fsp3) is 0.615. The Labute approximate surface area is 122 Å². The average Bonchev–Trinajstić information content (AvgIpc) is 2.88. The van der Waals surface area contributed by atoms with Crippen molar-refractivity contribution in [2.75, 3.05) is 19.7 Å². The van der Waals surface area contributed by atoms with Crippen LogP contribution in [0.3, 0.4) is 0 Å². The number of carbonyl (C=O) groups excluding carboxylic acids is 1. The molecule has 1 aromatic rings. The van der Waals surface area contributed by atoms with Gasteiger partial charge in [-0.25, -0.2) is 9.59 Å². The number of H-pyrrole nitrogens is 1. The summed E-state index contributed by atoms with van der Waals surface area (Å²) in [5.74, 6) is -0.967. The molecule has 2 heterocycles. The summed E-state index contributed by atoms with van der Waals surface area (Å²) < 4.78 is 5.24. The molecule has 2 rings (SSSR count). The topological polar surface area (TPSA) is 108 Å². The number of carboxylic acid groups (broad SMARTS) is 1. The quantitative estimate of drug-likeness (QED) is 0.733. The lowest BCUT2D eigenvalue weighted by molar-refractivity contribution is -0.145. The molecule has 8 nitrogen and oxygen atoms in total. The first kappa shape index (κ1) is 15.3. The monoisotopic (exact) mass is 296 g/mol. The van der Waals surface area contributed by atoms with E-state index in [1.807, 2.05) is 6.92 Å². The number of nitrogens with one attached hydrogen (secondary N) is 2. The van der Waals surface area contributed by atoms with E-state index in [0.29, 0.717) is 32.5 Å². The van der Waals surface area contributed by atoms with Gasteiger partial charge in [0.15, 0.2) is 0 Å². The van der Waals surface area contributed by atoms with E-state index >= 15 is 0 Å². The van der Waals surface area contributed by atoms with Crippen LogP contribution in [0.5, 0.6) is 0 Å².